The van der Waals surface area contributed by atoms with Crippen LogP contribution in [0.5, 0.6) is 0 Å². The highest BCUT2D eigenvalue weighted by atomic mass is 16.6. The Balaban J connectivity index is 1.61. The summed E-state index contributed by atoms with van der Waals surface area (Å²) in [6, 6.07) is 0. The van der Waals surface area contributed by atoms with E-state index in [0.29, 0.717) is 164 Å². The zero-order valence-electron chi connectivity index (χ0n) is 31.1. The van der Waals surface area contributed by atoms with E-state index in [2.05, 4.69) is 13.8 Å². The molecule has 0 saturated carbocycles. The van der Waals surface area contributed by atoms with E-state index < -0.39 is 0 Å². The highest BCUT2D eigenvalue weighted by Gasteiger charge is 2.22. The zero-order valence-corrected chi connectivity index (χ0v) is 31.1. The Morgan fingerprint density at radius 1 is 0.392 bits per heavy atom. The maximum Gasteiger partial charge on any atom is 0.253 e. The van der Waals surface area contributed by atoms with Gasteiger partial charge in [0.2, 0.25) is 0 Å². The third kappa shape index (κ3) is 32.7. The molecule has 1 rings (SSSR count). The van der Waals surface area contributed by atoms with E-state index in [0.717, 1.165) is 17.9 Å². The second-order valence-electron chi connectivity index (χ2n) is 11.1. The minimum absolute atomic E-state index is 0.238. The largest absolute Gasteiger partial charge is 0.379 e. The fraction of sp³-hybridized carbons (Fsp3) is 0.886. The number of carbonyl (C=O) groups excluding carboxylic acids is 2. The van der Waals surface area contributed by atoms with Crippen molar-refractivity contribution in [1.29, 1.82) is 0 Å². The Bertz CT molecular complexity index is 789. The number of imide groups is 1. The molecule has 0 aromatic rings. The topological polar surface area (TPSA) is 157 Å². The van der Waals surface area contributed by atoms with Gasteiger partial charge in [-0.3, -0.25) is 14.5 Å². The normalized spacial score (nSPS) is 13.6. The minimum atomic E-state index is -0.307. The maximum atomic E-state index is 11.4. The van der Waals surface area contributed by atoms with Crippen molar-refractivity contribution in [3.05, 3.63) is 12.2 Å². The predicted molar refractivity (Wildman–Crippen MR) is 186 cm³/mol. The predicted octanol–water partition coefficient (Wildman–Crippen LogP) is 1.17. The van der Waals surface area contributed by atoms with Gasteiger partial charge in [0, 0.05) is 18.8 Å². The highest BCUT2D eigenvalue weighted by Crippen LogP contribution is 2.02. The lowest BCUT2D eigenvalue weighted by molar-refractivity contribution is -0.137. The Morgan fingerprint density at radius 2 is 0.608 bits per heavy atom. The summed E-state index contributed by atoms with van der Waals surface area (Å²) in [6.45, 7) is 17.6. The van der Waals surface area contributed by atoms with Crippen LogP contribution in [-0.2, 0) is 71.2 Å². The van der Waals surface area contributed by atoms with Gasteiger partial charge >= 0.3 is 0 Å². The SMILES string of the molecule is CCC(C)COCCOCCOCCOCCOCCOCCOCCOCCOCCOCCOCCOCCOCCN1C(=O)C=CC1=O. The van der Waals surface area contributed by atoms with Crippen molar-refractivity contribution in [3.63, 3.8) is 0 Å². The summed E-state index contributed by atoms with van der Waals surface area (Å²) in [5, 5.41) is 0. The number of nitrogens with zero attached hydrogens (tertiary/aromatic N) is 1. The molecule has 0 aromatic heterocycles. The average molecular weight is 740 g/mol. The first-order valence-corrected chi connectivity index (χ1v) is 18.2. The van der Waals surface area contributed by atoms with Crippen molar-refractivity contribution < 1.29 is 71.2 Å². The Morgan fingerprint density at radius 3 is 0.843 bits per heavy atom. The monoisotopic (exact) mass is 739 g/mol. The quantitative estimate of drug-likeness (QED) is 0.0649. The Kier molecular flexibility index (Phi) is 35.4. The van der Waals surface area contributed by atoms with E-state index in [9.17, 15) is 9.59 Å². The first-order chi connectivity index (χ1) is 25.1. The van der Waals surface area contributed by atoms with Crippen LogP contribution in [0.15, 0.2) is 12.2 Å². The standard InChI is InChI=1S/C35H65NO15/c1-3-33(2)32-51-31-30-50-29-28-49-27-26-48-25-24-47-23-22-46-21-20-45-19-18-44-17-16-43-15-14-42-13-12-41-11-10-40-9-8-39-7-6-36-34(37)4-5-35(36)38/h4-5,33H,3,6-32H2,1-2H3. The second kappa shape index (κ2) is 38.1. The summed E-state index contributed by atoms with van der Waals surface area (Å²) in [7, 11) is 0. The lowest BCUT2D eigenvalue weighted by atomic mass is 10.1. The Labute approximate surface area is 304 Å². The number of carbonyl (C=O) groups is 2. The third-order valence-electron chi connectivity index (χ3n) is 6.92. The van der Waals surface area contributed by atoms with Crippen LogP contribution in [0.3, 0.4) is 0 Å². The summed E-state index contributed by atoms with van der Waals surface area (Å²) < 4.78 is 71.0. The summed E-state index contributed by atoms with van der Waals surface area (Å²) >= 11 is 0. The lowest BCUT2D eigenvalue weighted by Gasteiger charge is -2.13. The Hall–Kier alpha value is -1.64. The first kappa shape index (κ1) is 47.4. The van der Waals surface area contributed by atoms with Crippen molar-refractivity contribution in [2.24, 2.45) is 5.92 Å². The molecular formula is C35H65NO15. The van der Waals surface area contributed by atoms with Crippen LogP contribution in [0.2, 0.25) is 0 Å². The molecule has 16 nitrogen and oxygen atoms in total. The van der Waals surface area contributed by atoms with Crippen molar-refractivity contribution >= 4 is 11.8 Å². The molecule has 0 aromatic carbocycles. The number of amides is 2. The van der Waals surface area contributed by atoms with E-state index in [-0.39, 0.29) is 25.0 Å². The van der Waals surface area contributed by atoms with Crippen LogP contribution < -0.4 is 0 Å². The van der Waals surface area contributed by atoms with E-state index in [1.165, 1.54) is 12.2 Å². The number of hydrogen-bond acceptors (Lipinski definition) is 15. The molecule has 0 bridgehead atoms. The molecule has 16 heteroatoms. The van der Waals surface area contributed by atoms with Gasteiger partial charge in [-0.1, -0.05) is 20.3 Å². The van der Waals surface area contributed by atoms with E-state index in [1.807, 2.05) is 0 Å². The zero-order chi connectivity index (χ0) is 36.7. The number of rotatable bonds is 42. The van der Waals surface area contributed by atoms with Gasteiger partial charge < -0.3 is 61.6 Å². The van der Waals surface area contributed by atoms with Gasteiger partial charge in [0.1, 0.15) is 0 Å². The van der Waals surface area contributed by atoms with Gasteiger partial charge in [-0.2, -0.15) is 0 Å². The molecule has 1 heterocycles. The minimum Gasteiger partial charge on any atom is -0.379 e. The molecule has 300 valence electrons. The van der Waals surface area contributed by atoms with Crippen molar-refractivity contribution in [1.82, 2.24) is 4.90 Å². The van der Waals surface area contributed by atoms with E-state index in [1.54, 1.807) is 0 Å². The second-order valence-corrected chi connectivity index (χ2v) is 11.1. The first-order valence-electron chi connectivity index (χ1n) is 18.2. The van der Waals surface area contributed by atoms with Gasteiger partial charge in [-0.25, -0.2) is 0 Å². The molecule has 0 saturated heterocycles. The summed E-state index contributed by atoms with van der Waals surface area (Å²) in [6.07, 6.45) is 3.64. The summed E-state index contributed by atoms with van der Waals surface area (Å²) in [5.41, 5.74) is 0. The van der Waals surface area contributed by atoms with Crippen LogP contribution in [0.1, 0.15) is 20.3 Å². The van der Waals surface area contributed by atoms with Crippen LogP contribution in [0.25, 0.3) is 0 Å². The van der Waals surface area contributed by atoms with Crippen LogP contribution in [0, 0.1) is 5.92 Å². The molecule has 0 N–H and O–H groups in total. The van der Waals surface area contributed by atoms with Gasteiger partial charge in [0.05, 0.1) is 172 Å². The van der Waals surface area contributed by atoms with Crippen LogP contribution in [0.4, 0.5) is 0 Å². The fourth-order valence-corrected chi connectivity index (χ4v) is 3.85. The van der Waals surface area contributed by atoms with Crippen molar-refractivity contribution in [2.45, 2.75) is 20.3 Å². The van der Waals surface area contributed by atoms with Gasteiger partial charge in [0.25, 0.3) is 11.8 Å². The molecule has 0 fully saturated rings. The highest BCUT2D eigenvalue weighted by molar-refractivity contribution is 6.12. The fourth-order valence-electron chi connectivity index (χ4n) is 3.85. The molecule has 0 aliphatic carbocycles. The molecule has 1 aliphatic rings. The van der Waals surface area contributed by atoms with E-state index >= 15 is 0 Å². The van der Waals surface area contributed by atoms with Crippen molar-refractivity contribution in [3.8, 4) is 0 Å². The lowest BCUT2D eigenvalue weighted by Crippen LogP contribution is -2.33. The molecule has 2 amide bonds. The molecule has 1 atom stereocenters. The average Bonchev–Trinajstić information content (AvgIpc) is 3.46. The van der Waals surface area contributed by atoms with Gasteiger partial charge in [-0.15, -0.1) is 0 Å². The smallest absolute Gasteiger partial charge is 0.253 e. The molecule has 1 aliphatic heterocycles. The molecule has 51 heavy (non-hydrogen) atoms. The maximum absolute atomic E-state index is 11.4. The molecular weight excluding hydrogens is 674 g/mol. The number of ether oxygens (including phenoxy) is 13. The summed E-state index contributed by atoms with van der Waals surface area (Å²) in [5.74, 6) is -0.0230. The van der Waals surface area contributed by atoms with E-state index in [4.69, 9.17) is 61.6 Å². The van der Waals surface area contributed by atoms with Crippen LogP contribution >= 0.6 is 0 Å². The molecule has 0 spiro atoms. The van der Waals surface area contributed by atoms with Gasteiger partial charge in [0.15, 0.2) is 0 Å². The number of hydrogen-bond donors (Lipinski definition) is 0. The third-order valence-corrected chi connectivity index (χ3v) is 6.92. The van der Waals surface area contributed by atoms with Crippen LogP contribution in [-0.4, -0.2) is 195 Å². The van der Waals surface area contributed by atoms with Gasteiger partial charge in [-0.05, 0) is 5.92 Å². The molecule has 1 unspecified atom stereocenters. The summed E-state index contributed by atoms with van der Waals surface area (Å²) in [4.78, 5) is 24.0. The molecule has 0 radical (unpaired) electrons. The van der Waals surface area contributed by atoms with Crippen molar-refractivity contribution in [2.75, 3.05) is 178 Å².